The third-order valence-corrected chi connectivity index (χ3v) is 5.63. The molecule has 0 aliphatic rings. The second-order valence-electron chi connectivity index (χ2n) is 10.7. The first-order valence-electron chi connectivity index (χ1n) is 11.4. The predicted molar refractivity (Wildman–Crippen MR) is 133 cm³/mol. The molecule has 0 amide bonds. The maximum atomic E-state index is 13.1. The van der Waals surface area contributed by atoms with E-state index in [1.165, 1.54) is 0 Å². The fraction of sp³-hybridized carbons (Fsp3) is 0.500. The Labute approximate surface area is 191 Å². The van der Waals surface area contributed by atoms with Gasteiger partial charge in [0.05, 0.1) is 79.5 Å². The zero-order chi connectivity index (χ0) is 23.5. The molecule has 3 rings (SSSR count). The number of hydrogen-bond donors (Lipinski definition) is 0. The van der Waals surface area contributed by atoms with Crippen molar-refractivity contribution >= 4 is 21.7 Å². The molecule has 6 nitrogen and oxygen atoms in total. The molecule has 0 aliphatic heterocycles. The summed E-state index contributed by atoms with van der Waals surface area (Å²) in [6.07, 6.45) is 1.95. The third-order valence-electron chi connectivity index (χ3n) is 5.63. The number of nitrogens with zero attached hydrogens (tertiary/aromatic N) is 3. The monoisotopic (exact) mass is 441 g/mol. The molecule has 1 aromatic heterocycles. The Bertz CT molecular complexity index is 1140. The predicted octanol–water partition coefficient (Wildman–Crippen LogP) is 3.64. The van der Waals surface area contributed by atoms with Gasteiger partial charge in [-0.2, -0.15) is 0 Å². The van der Waals surface area contributed by atoms with Crippen molar-refractivity contribution in [1.82, 2.24) is 4.57 Å². The zero-order valence-corrected chi connectivity index (χ0v) is 20.8. The topological polar surface area (TPSA) is 40.5 Å². The second-order valence-corrected chi connectivity index (χ2v) is 10.7. The van der Waals surface area contributed by atoms with Crippen molar-refractivity contribution in [3.05, 3.63) is 46.8 Å². The highest BCUT2D eigenvalue weighted by Gasteiger charge is 2.12. The molecule has 0 N–H and O–H groups in total. The minimum absolute atomic E-state index is 0.0218. The van der Waals surface area contributed by atoms with Gasteiger partial charge in [-0.3, -0.25) is 4.79 Å². The summed E-state index contributed by atoms with van der Waals surface area (Å²) in [6.45, 7) is 3.40. The molecule has 0 fully saturated rings. The third kappa shape index (κ3) is 6.24. The number of rotatable bonds is 10. The first kappa shape index (κ1) is 24.1. The summed E-state index contributed by atoms with van der Waals surface area (Å²) in [6, 6.07) is 11.8. The van der Waals surface area contributed by atoms with Gasteiger partial charge in [-0.15, -0.1) is 0 Å². The lowest BCUT2D eigenvalue weighted by molar-refractivity contribution is -0.870. The molecule has 1 heterocycles. The first-order chi connectivity index (χ1) is 14.9. The van der Waals surface area contributed by atoms with E-state index in [9.17, 15) is 4.79 Å². The first-order valence-corrected chi connectivity index (χ1v) is 11.4. The highest BCUT2D eigenvalue weighted by Crippen LogP contribution is 2.28. The Morgan fingerprint density at radius 1 is 0.719 bits per heavy atom. The largest absolute Gasteiger partial charge is 0.493 e. The number of aryl methyl sites for hydroxylation is 1. The van der Waals surface area contributed by atoms with E-state index in [2.05, 4.69) is 42.3 Å². The van der Waals surface area contributed by atoms with Crippen LogP contribution in [-0.4, -0.2) is 82.1 Å². The fourth-order valence-corrected chi connectivity index (χ4v) is 3.88. The fourth-order valence-electron chi connectivity index (χ4n) is 3.88. The van der Waals surface area contributed by atoms with Crippen LogP contribution in [0.4, 0.5) is 0 Å². The van der Waals surface area contributed by atoms with Gasteiger partial charge in [-0.1, -0.05) is 0 Å². The van der Waals surface area contributed by atoms with Crippen LogP contribution in [0, 0.1) is 0 Å². The van der Waals surface area contributed by atoms with Crippen molar-refractivity contribution in [1.29, 1.82) is 0 Å². The van der Waals surface area contributed by atoms with E-state index in [1.807, 2.05) is 43.4 Å². The van der Waals surface area contributed by atoms with E-state index in [0.717, 1.165) is 62.7 Å². The van der Waals surface area contributed by atoms with Crippen LogP contribution in [0.5, 0.6) is 11.5 Å². The maximum absolute atomic E-state index is 13.1. The van der Waals surface area contributed by atoms with Gasteiger partial charge in [0.25, 0.3) is 5.56 Å². The standard InChI is InChI=1S/C26H39N3O3/c1-27-25-19-21(32-17-9-15-29(5,6)7)11-13-23(25)22-12-10-20(18-24(22)26(27)30)31-16-8-14-28(2,3)4/h10-13,18-19H,8-9,14-17H2,1-7H3/q+2. The molecule has 0 spiro atoms. The van der Waals surface area contributed by atoms with Crippen LogP contribution in [0.25, 0.3) is 21.7 Å². The van der Waals surface area contributed by atoms with Crippen LogP contribution >= 0.6 is 0 Å². The molecule has 0 radical (unpaired) electrons. The van der Waals surface area contributed by atoms with Crippen LogP contribution in [0.2, 0.25) is 0 Å². The number of ether oxygens (including phenoxy) is 2. The summed E-state index contributed by atoms with van der Waals surface area (Å²) < 4.78 is 15.4. The average molecular weight is 442 g/mol. The Hall–Kier alpha value is -2.57. The van der Waals surface area contributed by atoms with Crippen LogP contribution in [0.1, 0.15) is 12.8 Å². The Kier molecular flexibility index (Phi) is 7.16. The quantitative estimate of drug-likeness (QED) is 0.274. The summed E-state index contributed by atoms with van der Waals surface area (Å²) in [5.41, 5.74) is 0.856. The second kappa shape index (κ2) is 9.51. The van der Waals surface area contributed by atoms with E-state index in [4.69, 9.17) is 9.47 Å². The lowest BCUT2D eigenvalue weighted by Gasteiger charge is -2.23. The van der Waals surface area contributed by atoms with Gasteiger partial charge in [-0.05, 0) is 35.7 Å². The molecule has 0 unspecified atom stereocenters. The summed E-state index contributed by atoms with van der Waals surface area (Å²) in [5.74, 6) is 1.54. The Morgan fingerprint density at radius 2 is 1.22 bits per heavy atom. The number of pyridine rings is 1. The van der Waals surface area contributed by atoms with Gasteiger partial charge in [0.15, 0.2) is 0 Å². The van der Waals surface area contributed by atoms with E-state index < -0.39 is 0 Å². The number of benzene rings is 2. The van der Waals surface area contributed by atoms with E-state index in [1.54, 1.807) is 4.57 Å². The van der Waals surface area contributed by atoms with Gasteiger partial charge < -0.3 is 23.0 Å². The molecule has 3 aromatic rings. The van der Waals surface area contributed by atoms with Crippen LogP contribution in [-0.2, 0) is 7.05 Å². The molecule has 0 aliphatic carbocycles. The SMILES string of the molecule is Cn1c(=O)c2cc(OCCC[N+](C)(C)C)ccc2c2ccc(OCCC[N+](C)(C)C)cc21. The van der Waals surface area contributed by atoms with Crippen LogP contribution in [0.3, 0.4) is 0 Å². The molecule has 6 heteroatoms. The van der Waals surface area contributed by atoms with Crippen molar-refractivity contribution in [2.75, 3.05) is 68.6 Å². The van der Waals surface area contributed by atoms with E-state index >= 15 is 0 Å². The highest BCUT2D eigenvalue weighted by molar-refractivity contribution is 6.06. The molecule has 0 bridgehead atoms. The smallest absolute Gasteiger partial charge is 0.258 e. The lowest BCUT2D eigenvalue weighted by Crippen LogP contribution is -2.36. The van der Waals surface area contributed by atoms with Gasteiger partial charge in [0.1, 0.15) is 11.5 Å². The van der Waals surface area contributed by atoms with Gasteiger partial charge in [0.2, 0.25) is 0 Å². The molecule has 174 valence electrons. The molecular formula is C26H39N3O3+2. The van der Waals surface area contributed by atoms with Crippen molar-refractivity contribution in [3.63, 3.8) is 0 Å². The zero-order valence-electron chi connectivity index (χ0n) is 20.8. The molecule has 0 saturated heterocycles. The van der Waals surface area contributed by atoms with E-state index in [-0.39, 0.29) is 5.56 Å². The Morgan fingerprint density at radius 3 is 1.75 bits per heavy atom. The van der Waals surface area contributed by atoms with Gasteiger partial charge >= 0.3 is 0 Å². The van der Waals surface area contributed by atoms with Crippen LogP contribution < -0.4 is 15.0 Å². The molecular weight excluding hydrogens is 402 g/mol. The average Bonchev–Trinajstić information content (AvgIpc) is 2.71. The number of aromatic nitrogens is 1. The van der Waals surface area contributed by atoms with Gasteiger partial charge in [-0.25, -0.2) is 0 Å². The number of fused-ring (bicyclic) bond motifs is 3. The van der Waals surface area contributed by atoms with Gasteiger partial charge in [0, 0.05) is 31.3 Å². The van der Waals surface area contributed by atoms with Crippen molar-refractivity contribution < 1.29 is 18.4 Å². The minimum Gasteiger partial charge on any atom is -0.493 e. The molecule has 0 saturated carbocycles. The maximum Gasteiger partial charge on any atom is 0.258 e. The van der Waals surface area contributed by atoms with Crippen molar-refractivity contribution in [2.24, 2.45) is 7.05 Å². The highest BCUT2D eigenvalue weighted by atomic mass is 16.5. The van der Waals surface area contributed by atoms with Crippen LogP contribution in [0.15, 0.2) is 41.2 Å². The molecule has 32 heavy (non-hydrogen) atoms. The number of hydrogen-bond acceptors (Lipinski definition) is 3. The normalized spacial score (nSPS) is 12.5. The summed E-state index contributed by atoms with van der Waals surface area (Å²) in [5, 5.41) is 2.66. The summed E-state index contributed by atoms with van der Waals surface area (Å²) in [4.78, 5) is 13.1. The molecule has 2 aromatic carbocycles. The summed E-state index contributed by atoms with van der Waals surface area (Å²) >= 11 is 0. The summed E-state index contributed by atoms with van der Waals surface area (Å²) in [7, 11) is 14.9. The van der Waals surface area contributed by atoms with Crippen molar-refractivity contribution in [3.8, 4) is 11.5 Å². The van der Waals surface area contributed by atoms with Crippen molar-refractivity contribution in [2.45, 2.75) is 12.8 Å². The molecule has 0 atom stereocenters. The number of quaternary nitrogens is 2. The Balaban J connectivity index is 1.80. The van der Waals surface area contributed by atoms with E-state index in [0.29, 0.717) is 18.6 Å². The minimum atomic E-state index is -0.0218. The lowest BCUT2D eigenvalue weighted by atomic mass is 10.1.